The zero-order chi connectivity index (χ0) is 15.0. The molecule has 0 aliphatic rings. The Morgan fingerprint density at radius 1 is 1.40 bits per heavy atom. The summed E-state index contributed by atoms with van der Waals surface area (Å²) in [6.45, 7) is 0.0895. The fraction of sp³-hybridized carbons (Fsp3) is 0.214. The number of nitrogens with zero attached hydrogens (tertiary/aromatic N) is 1. The van der Waals surface area contributed by atoms with Crippen LogP contribution in [0.25, 0.3) is 6.08 Å². The minimum absolute atomic E-state index is 0.00652. The predicted octanol–water partition coefficient (Wildman–Crippen LogP) is 1.19. The van der Waals surface area contributed by atoms with Crippen LogP contribution in [0.2, 0.25) is 0 Å². The molecule has 6 nitrogen and oxygen atoms in total. The van der Waals surface area contributed by atoms with E-state index in [0.29, 0.717) is 11.3 Å². The normalized spacial score (nSPS) is 10.5. The molecule has 0 fully saturated rings. The number of carbonyl (C=O) groups is 2. The van der Waals surface area contributed by atoms with Gasteiger partial charge in [-0.05, 0) is 23.8 Å². The second-order valence-corrected chi connectivity index (χ2v) is 3.81. The summed E-state index contributed by atoms with van der Waals surface area (Å²) >= 11 is 0. The molecule has 0 aromatic heterocycles. The summed E-state index contributed by atoms with van der Waals surface area (Å²) in [4.78, 5) is 21.7. The van der Waals surface area contributed by atoms with E-state index in [9.17, 15) is 9.59 Å². The Morgan fingerprint density at radius 2 is 2.05 bits per heavy atom. The number of benzene rings is 1. The predicted molar refractivity (Wildman–Crippen MR) is 71.8 cm³/mol. The fourth-order valence-electron chi connectivity index (χ4n) is 1.37. The monoisotopic (exact) mass is 274 g/mol. The van der Waals surface area contributed by atoms with E-state index in [-0.39, 0.29) is 18.6 Å². The second kappa shape index (κ2) is 7.59. The summed E-state index contributed by atoms with van der Waals surface area (Å²) in [5, 5.41) is 19.7. The molecule has 0 radical (unpaired) electrons. The quantitative estimate of drug-likeness (QED) is 0.599. The van der Waals surface area contributed by atoms with E-state index in [2.05, 4.69) is 5.32 Å². The van der Waals surface area contributed by atoms with Gasteiger partial charge in [0.1, 0.15) is 17.4 Å². The van der Waals surface area contributed by atoms with Crippen LogP contribution in [0.15, 0.2) is 29.8 Å². The van der Waals surface area contributed by atoms with Gasteiger partial charge in [-0.3, -0.25) is 9.59 Å². The molecule has 0 saturated carbocycles. The van der Waals surface area contributed by atoms with Gasteiger partial charge in [-0.1, -0.05) is 12.1 Å². The van der Waals surface area contributed by atoms with Crippen LogP contribution < -0.4 is 10.1 Å². The summed E-state index contributed by atoms with van der Waals surface area (Å²) in [7, 11) is 1.45. The van der Waals surface area contributed by atoms with E-state index in [1.807, 2.05) is 6.07 Å². The zero-order valence-electron chi connectivity index (χ0n) is 10.9. The van der Waals surface area contributed by atoms with Gasteiger partial charge >= 0.3 is 5.97 Å². The Bertz CT molecular complexity index is 556. The lowest BCUT2D eigenvalue weighted by Gasteiger charge is -2.04. The van der Waals surface area contributed by atoms with E-state index in [1.54, 1.807) is 24.3 Å². The molecule has 0 aliphatic heterocycles. The smallest absolute Gasteiger partial charge is 0.306 e. The van der Waals surface area contributed by atoms with Crippen molar-refractivity contribution in [1.82, 2.24) is 5.32 Å². The molecule has 1 amide bonds. The van der Waals surface area contributed by atoms with Gasteiger partial charge in [0, 0.05) is 7.05 Å². The molecule has 20 heavy (non-hydrogen) atoms. The van der Waals surface area contributed by atoms with Crippen molar-refractivity contribution in [2.75, 3.05) is 13.7 Å². The maximum atomic E-state index is 11.3. The number of hydrogen-bond donors (Lipinski definition) is 2. The first-order valence-corrected chi connectivity index (χ1v) is 5.85. The molecule has 6 heteroatoms. The van der Waals surface area contributed by atoms with Crippen molar-refractivity contribution in [2.45, 2.75) is 6.42 Å². The molecule has 104 valence electrons. The third-order valence-electron chi connectivity index (χ3n) is 2.37. The number of hydrogen-bond acceptors (Lipinski definition) is 4. The lowest BCUT2D eigenvalue weighted by atomic mass is 10.1. The number of rotatable bonds is 6. The lowest BCUT2D eigenvalue weighted by molar-refractivity contribution is -0.137. The Kier molecular flexibility index (Phi) is 5.78. The Labute approximate surface area is 116 Å². The van der Waals surface area contributed by atoms with Gasteiger partial charge in [-0.15, -0.1) is 0 Å². The molecule has 1 aromatic rings. The molecule has 1 rings (SSSR count). The average Bonchev–Trinajstić information content (AvgIpc) is 2.45. The van der Waals surface area contributed by atoms with Gasteiger partial charge < -0.3 is 15.2 Å². The average molecular weight is 274 g/mol. The number of amides is 1. The summed E-state index contributed by atoms with van der Waals surface area (Å²) in [6, 6.07) is 8.46. The van der Waals surface area contributed by atoms with Crippen molar-refractivity contribution < 1.29 is 19.4 Å². The number of carboxylic acid groups (broad SMARTS) is 1. The van der Waals surface area contributed by atoms with Gasteiger partial charge in [-0.25, -0.2) is 0 Å². The number of likely N-dealkylation sites (N-methyl/N-ethyl adjacent to an activating group) is 1. The van der Waals surface area contributed by atoms with E-state index < -0.39 is 11.9 Å². The molecular weight excluding hydrogens is 260 g/mol. The van der Waals surface area contributed by atoms with Crippen LogP contribution in [-0.2, 0) is 9.59 Å². The number of aliphatic carboxylic acids is 1. The molecule has 2 N–H and O–H groups in total. The molecule has 0 aliphatic carbocycles. The molecule has 0 atom stereocenters. The largest absolute Gasteiger partial charge is 0.493 e. The van der Waals surface area contributed by atoms with Crippen LogP contribution in [0, 0.1) is 11.3 Å². The van der Waals surface area contributed by atoms with E-state index >= 15 is 0 Å². The molecular formula is C14H14N2O4. The van der Waals surface area contributed by atoms with Gasteiger partial charge in [0.05, 0.1) is 13.0 Å². The van der Waals surface area contributed by atoms with Gasteiger partial charge in [0.25, 0.3) is 5.91 Å². The van der Waals surface area contributed by atoms with Crippen LogP contribution in [0.4, 0.5) is 0 Å². The molecule has 0 unspecified atom stereocenters. The first-order chi connectivity index (χ1) is 9.56. The van der Waals surface area contributed by atoms with E-state index in [0.717, 1.165) is 0 Å². The summed E-state index contributed by atoms with van der Waals surface area (Å²) in [5.41, 5.74) is 0.683. The Hall–Kier alpha value is -2.81. The number of ether oxygens (including phenoxy) is 1. The van der Waals surface area contributed by atoms with Crippen molar-refractivity contribution in [2.24, 2.45) is 0 Å². The zero-order valence-corrected chi connectivity index (χ0v) is 10.9. The maximum absolute atomic E-state index is 11.3. The second-order valence-electron chi connectivity index (χ2n) is 3.81. The molecule has 0 spiro atoms. The highest BCUT2D eigenvalue weighted by Gasteiger charge is 2.06. The van der Waals surface area contributed by atoms with Crippen molar-refractivity contribution in [3.05, 3.63) is 35.4 Å². The highest BCUT2D eigenvalue weighted by molar-refractivity contribution is 6.01. The Balaban J connectivity index is 2.71. The minimum Gasteiger partial charge on any atom is -0.493 e. The number of nitrogens with one attached hydrogen (secondary N) is 1. The Morgan fingerprint density at radius 3 is 2.55 bits per heavy atom. The third kappa shape index (κ3) is 4.82. The highest BCUT2D eigenvalue weighted by Crippen LogP contribution is 2.14. The van der Waals surface area contributed by atoms with Crippen LogP contribution in [-0.4, -0.2) is 30.6 Å². The maximum Gasteiger partial charge on any atom is 0.306 e. The topological polar surface area (TPSA) is 99.4 Å². The molecule has 0 bridgehead atoms. The van der Waals surface area contributed by atoms with Gasteiger partial charge in [0.2, 0.25) is 0 Å². The van der Waals surface area contributed by atoms with Crippen molar-refractivity contribution in [1.29, 1.82) is 5.26 Å². The van der Waals surface area contributed by atoms with Gasteiger partial charge in [0.15, 0.2) is 0 Å². The SMILES string of the molecule is CNC(=O)/C(C#N)=C/c1ccc(OCCC(=O)O)cc1. The van der Waals surface area contributed by atoms with Crippen molar-refractivity contribution >= 4 is 18.0 Å². The summed E-state index contributed by atoms with van der Waals surface area (Å²) in [5.74, 6) is -0.843. The van der Waals surface area contributed by atoms with E-state index in [4.69, 9.17) is 15.1 Å². The summed E-state index contributed by atoms with van der Waals surface area (Å²) < 4.78 is 5.23. The number of carbonyl (C=O) groups excluding carboxylic acids is 1. The van der Waals surface area contributed by atoms with Crippen molar-refractivity contribution in [3.63, 3.8) is 0 Å². The van der Waals surface area contributed by atoms with E-state index in [1.165, 1.54) is 13.1 Å². The van der Waals surface area contributed by atoms with Crippen LogP contribution in [0.3, 0.4) is 0 Å². The standard InChI is InChI=1S/C14H14N2O4/c1-16-14(19)11(9-15)8-10-2-4-12(5-3-10)20-7-6-13(17)18/h2-5,8H,6-7H2,1H3,(H,16,19)(H,17,18)/b11-8+. The van der Waals surface area contributed by atoms with Crippen molar-refractivity contribution in [3.8, 4) is 11.8 Å². The van der Waals surface area contributed by atoms with Gasteiger partial charge in [-0.2, -0.15) is 5.26 Å². The number of carboxylic acids is 1. The lowest BCUT2D eigenvalue weighted by Crippen LogP contribution is -2.19. The minimum atomic E-state index is -0.922. The summed E-state index contributed by atoms with van der Waals surface area (Å²) in [6.07, 6.45) is 1.39. The fourth-order valence-corrected chi connectivity index (χ4v) is 1.37. The number of nitriles is 1. The third-order valence-corrected chi connectivity index (χ3v) is 2.37. The van der Waals surface area contributed by atoms with Crippen LogP contribution in [0.1, 0.15) is 12.0 Å². The molecule has 0 saturated heterocycles. The first kappa shape index (κ1) is 15.2. The molecule has 0 heterocycles. The molecule has 1 aromatic carbocycles. The van der Waals surface area contributed by atoms with Crippen LogP contribution >= 0.6 is 0 Å². The highest BCUT2D eigenvalue weighted by atomic mass is 16.5. The first-order valence-electron chi connectivity index (χ1n) is 5.85. The van der Waals surface area contributed by atoms with Crippen LogP contribution in [0.5, 0.6) is 5.75 Å².